The van der Waals surface area contributed by atoms with Crippen LogP contribution >= 0.6 is 0 Å². The zero-order valence-corrected chi connectivity index (χ0v) is 13.1. The molecule has 2 rings (SSSR count). The van der Waals surface area contributed by atoms with Crippen molar-refractivity contribution in [1.82, 2.24) is 0 Å². The van der Waals surface area contributed by atoms with Gasteiger partial charge in [-0.15, -0.1) is 0 Å². The average Bonchev–Trinajstić information content (AvgIpc) is 3.00. The Bertz CT molecular complexity index is 745. The summed E-state index contributed by atoms with van der Waals surface area (Å²) in [4.78, 5) is 23.1. The van der Waals surface area contributed by atoms with Crippen LogP contribution in [0.2, 0.25) is 0 Å². The number of esters is 2. The molecule has 1 aromatic carbocycles. The molecule has 2 aromatic rings. The normalized spacial score (nSPS) is 11.0. The van der Waals surface area contributed by atoms with Crippen molar-refractivity contribution in [3.63, 3.8) is 0 Å². The molecule has 23 heavy (non-hydrogen) atoms. The molecule has 0 bridgehead atoms. The summed E-state index contributed by atoms with van der Waals surface area (Å²) in [5.74, 6) is 0.187. The van der Waals surface area contributed by atoms with Gasteiger partial charge in [-0.1, -0.05) is 12.1 Å². The molecule has 0 radical (unpaired) electrons. The average molecular weight is 315 g/mol. The SMILES string of the molecule is COC(=O)/C=C(/Nc1cccc(-c2ccc(C)o2)c1)C(=O)OC. The number of carbonyl (C=O) groups excluding carboxylic acids is 2. The Hall–Kier alpha value is -3.02. The lowest BCUT2D eigenvalue weighted by Gasteiger charge is -2.10. The lowest BCUT2D eigenvalue weighted by molar-refractivity contribution is -0.138. The quantitative estimate of drug-likeness (QED) is 0.675. The summed E-state index contributed by atoms with van der Waals surface area (Å²) >= 11 is 0. The molecule has 120 valence electrons. The second-order valence-corrected chi connectivity index (χ2v) is 4.69. The Kier molecular flexibility index (Phi) is 5.19. The van der Waals surface area contributed by atoms with E-state index in [1.807, 2.05) is 31.2 Å². The Morgan fingerprint density at radius 3 is 2.52 bits per heavy atom. The molecular weight excluding hydrogens is 298 g/mol. The first kappa shape index (κ1) is 16.4. The van der Waals surface area contributed by atoms with Crippen LogP contribution in [-0.4, -0.2) is 26.2 Å². The minimum Gasteiger partial charge on any atom is -0.466 e. The van der Waals surface area contributed by atoms with E-state index >= 15 is 0 Å². The van der Waals surface area contributed by atoms with Crippen LogP contribution in [0, 0.1) is 6.92 Å². The molecule has 1 N–H and O–H groups in total. The minimum absolute atomic E-state index is 0.0212. The van der Waals surface area contributed by atoms with E-state index in [2.05, 4.69) is 14.8 Å². The van der Waals surface area contributed by atoms with Crippen LogP contribution in [-0.2, 0) is 19.1 Å². The molecule has 0 aliphatic heterocycles. The number of hydrogen-bond acceptors (Lipinski definition) is 6. The number of ether oxygens (including phenoxy) is 2. The first-order valence-corrected chi connectivity index (χ1v) is 6.85. The zero-order chi connectivity index (χ0) is 16.8. The molecule has 1 heterocycles. The predicted octanol–water partition coefficient (Wildman–Crippen LogP) is 2.90. The second-order valence-electron chi connectivity index (χ2n) is 4.69. The van der Waals surface area contributed by atoms with Crippen molar-refractivity contribution in [3.8, 4) is 11.3 Å². The van der Waals surface area contributed by atoms with Crippen molar-refractivity contribution in [3.05, 3.63) is 53.9 Å². The number of methoxy groups -OCH3 is 2. The molecule has 0 saturated heterocycles. The van der Waals surface area contributed by atoms with E-state index in [0.29, 0.717) is 11.4 Å². The molecular formula is C17H17NO5. The molecule has 6 nitrogen and oxygen atoms in total. The molecule has 0 spiro atoms. The van der Waals surface area contributed by atoms with Gasteiger partial charge >= 0.3 is 11.9 Å². The van der Waals surface area contributed by atoms with Crippen molar-refractivity contribution in [1.29, 1.82) is 0 Å². The van der Waals surface area contributed by atoms with Gasteiger partial charge in [-0.2, -0.15) is 0 Å². The molecule has 0 saturated carbocycles. The van der Waals surface area contributed by atoms with Crippen LogP contribution in [0.4, 0.5) is 5.69 Å². The maximum Gasteiger partial charge on any atom is 0.354 e. The lowest BCUT2D eigenvalue weighted by atomic mass is 10.1. The lowest BCUT2D eigenvalue weighted by Crippen LogP contribution is -2.15. The van der Waals surface area contributed by atoms with E-state index < -0.39 is 11.9 Å². The van der Waals surface area contributed by atoms with E-state index in [4.69, 9.17) is 4.42 Å². The topological polar surface area (TPSA) is 77.8 Å². The third-order valence-corrected chi connectivity index (χ3v) is 3.04. The highest BCUT2D eigenvalue weighted by atomic mass is 16.5. The van der Waals surface area contributed by atoms with E-state index in [1.165, 1.54) is 14.2 Å². The van der Waals surface area contributed by atoms with Crippen molar-refractivity contribution < 1.29 is 23.5 Å². The predicted molar refractivity (Wildman–Crippen MR) is 84.6 cm³/mol. The number of anilines is 1. The number of carbonyl (C=O) groups is 2. The highest BCUT2D eigenvalue weighted by Crippen LogP contribution is 2.25. The summed E-state index contributed by atoms with van der Waals surface area (Å²) in [5.41, 5.74) is 1.43. The van der Waals surface area contributed by atoms with Crippen LogP contribution in [0.1, 0.15) is 5.76 Å². The Labute approximate surface area is 133 Å². The van der Waals surface area contributed by atoms with Gasteiger partial charge in [0.05, 0.1) is 20.3 Å². The van der Waals surface area contributed by atoms with Crippen LogP contribution in [0.5, 0.6) is 0 Å². The van der Waals surface area contributed by atoms with Gasteiger partial charge in [-0.3, -0.25) is 0 Å². The standard InChI is InChI=1S/C17H17NO5/c1-11-7-8-15(23-11)12-5-4-6-13(9-12)18-14(17(20)22-3)10-16(19)21-2/h4-10,18H,1-3H3/b14-10+. The fourth-order valence-corrected chi connectivity index (χ4v) is 1.93. The molecule has 6 heteroatoms. The highest BCUT2D eigenvalue weighted by Gasteiger charge is 2.13. The maximum atomic E-state index is 11.7. The molecule has 0 aliphatic rings. The van der Waals surface area contributed by atoms with Crippen LogP contribution in [0.15, 0.2) is 52.6 Å². The van der Waals surface area contributed by atoms with Gasteiger partial charge < -0.3 is 19.2 Å². The van der Waals surface area contributed by atoms with Crippen LogP contribution in [0.25, 0.3) is 11.3 Å². The van der Waals surface area contributed by atoms with Gasteiger partial charge in [0.25, 0.3) is 0 Å². The summed E-state index contributed by atoms with van der Waals surface area (Å²) in [5, 5.41) is 2.86. The first-order chi connectivity index (χ1) is 11.0. The van der Waals surface area contributed by atoms with Gasteiger partial charge in [0.15, 0.2) is 0 Å². The van der Waals surface area contributed by atoms with Crippen LogP contribution < -0.4 is 5.32 Å². The van der Waals surface area contributed by atoms with E-state index in [-0.39, 0.29) is 5.70 Å². The summed E-state index contributed by atoms with van der Waals surface area (Å²) in [6.07, 6.45) is 1.04. The first-order valence-electron chi connectivity index (χ1n) is 6.85. The number of nitrogens with one attached hydrogen (secondary N) is 1. The third kappa shape index (κ3) is 4.23. The van der Waals surface area contributed by atoms with E-state index in [1.54, 1.807) is 12.1 Å². The fraction of sp³-hybridized carbons (Fsp3) is 0.176. The van der Waals surface area contributed by atoms with Gasteiger partial charge in [0.1, 0.15) is 17.2 Å². The smallest absolute Gasteiger partial charge is 0.354 e. The van der Waals surface area contributed by atoms with Crippen molar-refractivity contribution in [2.45, 2.75) is 6.92 Å². The number of aryl methyl sites for hydroxylation is 1. The number of furan rings is 1. The minimum atomic E-state index is -0.672. The molecule has 0 amide bonds. The van der Waals surface area contributed by atoms with Gasteiger partial charge in [0, 0.05) is 11.3 Å². The summed E-state index contributed by atoms with van der Waals surface area (Å²) < 4.78 is 14.8. The monoisotopic (exact) mass is 315 g/mol. The van der Waals surface area contributed by atoms with Crippen molar-refractivity contribution >= 4 is 17.6 Å². The Balaban J connectivity index is 2.28. The van der Waals surface area contributed by atoms with E-state index in [0.717, 1.165) is 17.4 Å². The van der Waals surface area contributed by atoms with E-state index in [9.17, 15) is 9.59 Å². The second kappa shape index (κ2) is 7.31. The molecule has 0 aliphatic carbocycles. The number of hydrogen-bond donors (Lipinski definition) is 1. The highest BCUT2D eigenvalue weighted by molar-refractivity contribution is 5.98. The molecule has 0 atom stereocenters. The summed E-state index contributed by atoms with van der Waals surface area (Å²) in [6.45, 7) is 1.86. The van der Waals surface area contributed by atoms with Gasteiger partial charge in [-0.25, -0.2) is 9.59 Å². The number of rotatable bonds is 5. The summed E-state index contributed by atoms with van der Waals surface area (Å²) in [7, 11) is 2.46. The zero-order valence-electron chi connectivity index (χ0n) is 13.1. The van der Waals surface area contributed by atoms with Crippen molar-refractivity contribution in [2.24, 2.45) is 0 Å². The fourth-order valence-electron chi connectivity index (χ4n) is 1.93. The number of benzene rings is 1. The van der Waals surface area contributed by atoms with Gasteiger partial charge in [0.2, 0.25) is 0 Å². The summed E-state index contributed by atoms with van der Waals surface area (Å²) in [6, 6.07) is 11.0. The Morgan fingerprint density at radius 2 is 1.91 bits per heavy atom. The Morgan fingerprint density at radius 1 is 1.13 bits per heavy atom. The molecule has 0 fully saturated rings. The van der Waals surface area contributed by atoms with Gasteiger partial charge in [-0.05, 0) is 31.2 Å². The maximum absolute atomic E-state index is 11.7. The largest absolute Gasteiger partial charge is 0.466 e. The van der Waals surface area contributed by atoms with Crippen LogP contribution in [0.3, 0.4) is 0 Å². The third-order valence-electron chi connectivity index (χ3n) is 3.04. The molecule has 0 unspecified atom stereocenters. The molecule has 1 aromatic heterocycles. The van der Waals surface area contributed by atoms with Crippen molar-refractivity contribution in [2.75, 3.05) is 19.5 Å².